The molecule has 5 aromatic rings. The SMILES string of the molecule is COc1ccc(-c2n(CCC(C)C)c3ccccc3[n+]2Cc2cc(OCCC(C)C)c3ccccc3c2OCCC(C)C)cc1.[Br-]. The third-order valence-corrected chi connectivity index (χ3v) is 8.51. The lowest BCUT2D eigenvalue weighted by atomic mass is 10.0. The molecule has 1 aromatic heterocycles. The lowest BCUT2D eigenvalue weighted by Gasteiger charge is -2.19. The number of benzene rings is 4. The van der Waals surface area contributed by atoms with E-state index < -0.39 is 0 Å². The molecule has 0 unspecified atom stereocenters. The van der Waals surface area contributed by atoms with Gasteiger partial charge in [-0.05, 0) is 79.5 Å². The van der Waals surface area contributed by atoms with Gasteiger partial charge in [-0.15, -0.1) is 0 Å². The van der Waals surface area contributed by atoms with Crippen molar-refractivity contribution < 1.29 is 35.8 Å². The van der Waals surface area contributed by atoms with Crippen LogP contribution in [0.2, 0.25) is 0 Å². The summed E-state index contributed by atoms with van der Waals surface area (Å²) in [6, 6.07) is 28.0. The van der Waals surface area contributed by atoms with Crippen LogP contribution in [-0.2, 0) is 13.1 Å². The van der Waals surface area contributed by atoms with Crippen LogP contribution in [0, 0.1) is 17.8 Å². The first-order valence-electron chi connectivity index (χ1n) is 16.7. The number of methoxy groups -OCH3 is 1. The van der Waals surface area contributed by atoms with E-state index in [4.69, 9.17) is 14.2 Å². The van der Waals surface area contributed by atoms with Gasteiger partial charge in [0, 0.05) is 16.3 Å². The minimum Gasteiger partial charge on any atom is -1.00 e. The number of aromatic nitrogens is 2. The van der Waals surface area contributed by atoms with Crippen LogP contribution in [0.1, 0.15) is 66.4 Å². The maximum absolute atomic E-state index is 6.71. The summed E-state index contributed by atoms with van der Waals surface area (Å²) in [6.45, 7) is 16.5. The number of para-hydroxylation sites is 2. The molecular formula is C40H51BrN2O3. The van der Waals surface area contributed by atoms with Crippen molar-refractivity contribution in [3.8, 4) is 28.6 Å². The third kappa shape index (κ3) is 8.25. The van der Waals surface area contributed by atoms with Crippen molar-refractivity contribution in [1.29, 1.82) is 0 Å². The van der Waals surface area contributed by atoms with E-state index in [1.165, 1.54) is 16.9 Å². The number of rotatable bonds is 15. The van der Waals surface area contributed by atoms with E-state index in [1.54, 1.807) is 7.11 Å². The van der Waals surface area contributed by atoms with Gasteiger partial charge in [0.25, 0.3) is 5.82 Å². The predicted molar refractivity (Wildman–Crippen MR) is 187 cm³/mol. The maximum Gasteiger partial charge on any atom is 0.290 e. The Hall–Kier alpha value is -3.51. The molecule has 0 aliphatic rings. The number of imidazole rings is 1. The molecule has 0 saturated heterocycles. The molecule has 0 radical (unpaired) electrons. The Bertz CT molecular complexity index is 1710. The van der Waals surface area contributed by atoms with Crippen LogP contribution < -0.4 is 35.8 Å². The maximum atomic E-state index is 6.71. The molecule has 46 heavy (non-hydrogen) atoms. The zero-order valence-corrected chi connectivity index (χ0v) is 30.3. The number of fused-ring (bicyclic) bond motifs is 2. The summed E-state index contributed by atoms with van der Waals surface area (Å²) in [6.07, 6.45) is 3.10. The topological polar surface area (TPSA) is 36.5 Å². The zero-order valence-electron chi connectivity index (χ0n) is 28.7. The number of halogens is 1. The molecule has 0 N–H and O–H groups in total. The molecular weight excluding hydrogens is 636 g/mol. The molecule has 5 nitrogen and oxygen atoms in total. The van der Waals surface area contributed by atoms with Crippen molar-refractivity contribution in [2.24, 2.45) is 17.8 Å². The smallest absolute Gasteiger partial charge is 0.290 e. The van der Waals surface area contributed by atoms with Gasteiger partial charge in [-0.25, -0.2) is 9.13 Å². The van der Waals surface area contributed by atoms with Crippen molar-refractivity contribution in [1.82, 2.24) is 4.57 Å². The van der Waals surface area contributed by atoms with E-state index in [2.05, 4.69) is 130 Å². The van der Waals surface area contributed by atoms with Crippen LogP contribution >= 0.6 is 0 Å². The fraction of sp³-hybridized carbons (Fsp3) is 0.425. The molecule has 0 aliphatic carbocycles. The zero-order chi connectivity index (χ0) is 31.9. The summed E-state index contributed by atoms with van der Waals surface area (Å²) in [5.74, 6) is 5.65. The summed E-state index contributed by atoms with van der Waals surface area (Å²) in [5.41, 5.74) is 4.73. The van der Waals surface area contributed by atoms with Crippen LogP contribution in [0.4, 0.5) is 0 Å². The highest BCUT2D eigenvalue weighted by atomic mass is 79.9. The molecule has 246 valence electrons. The Labute approximate surface area is 286 Å². The molecule has 0 atom stereocenters. The van der Waals surface area contributed by atoms with Gasteiger partial charge in [-0.2, -0.15) is 0 Å². The number of hydrogen-bond acceptors (Lipinski definition) is 3. The average molecular weight is 688 g/mol. The molecule has 0 amide bonds. The Kier molecular flexibility index (Phi) is 12.6. The van der Waals surface area contributed by atoms with E-state index in [1.807, 2.05) is 0 Å². The molecule has 1 heterocycles. The number of aryl methyl sites for hydroxylation is 1. The summed E-state index contributed by atoms with van der Waals surface area (Å²) >= 11 is 0. The lowest BCUT2D eigenvalue weighted by molar-refractivity contribution is -0.651. The van der Waals surface area contributed by atoms with Crippen LogP contribution in [0.3, 0.4) is 0 Å². The van der Waals surface area contributed by atoms with Crippen LogP contribution in [-0.4, -0.2) is 24.9 Å². The Morgan fingerprint density at radius 2 is 1.30 bits per heavy atom. The Balaban J connectivity index is 0.00000480. The number of nitrogens with zero attached hydrogens (tertiary/aromatic N) is 2. The molecule has 0 bridgehead atoms. The van der Waals surface area contributed by atoms with Gasteiger partial charge in [0.2, 0.25) is 0 Å². The summed E-state index contributed by atoms with van der Waals surface area (Å²) in [4.78, 5) is 0. The Morgan fingerprint density at radius 3 is 1.96 bits per heavy atom. The van der Waals surface area contributed by atoms with E-state index in [9.17, 15) is 0 Å². The van der Waals surface area contributed by atoms with Gasteiger partial charge in [0.1, 0.15) is 23.8 Å². The molecule has 5 rings (SSSR count). The van der Waals surface area contributed by atoms with Crippen molar-refractivity contribution in [3.05, 3.63) is 84.4 Å². The van der Waals surface area contributed by atoms with Gasteiger partial charge in [0.05, 0.1) is 32.4 Å². The second-order valence-electron chi connectivity index (χ2n) is 13.4. The average Bonchev–Trinajstić information content (AvgIpc) is 3.33. The molecule has 0 spiro atoms. The summed E-state index contributed by atoms with van der Waals surface area (Å²) in [5, 5.41) is 2.21. The standard InChI is InChI=1S/C40H51N2O3.BrH/c1-28(2)20-23-41-36-14-10-11-15-37(36)42(40(41)31-16-18-33(43-7)19-17-31)27-32-26-38(44-24-21-29(3)4)34-12-8-9-13-35(34)39(32)45-25-22-30(5)6;/h8-19,26,28-30H,20-25,27H2,1-7H3;1H/q+1;/p-1. The summed E-state index contributed by atoms with van der Waals surface area (Å²) in [7, 11) is 1.72. The molecule has 0 saturated carbocycles. The van der Waals surface area contributed by atoms with Crippen LogP contribution in [0.25, 0.3) is 33.2 Å². The van der Waals surface area contributed by atoms with Gasteiger partial charge in [-0.3, -0.25) is 0 Å². The van der Waals surface area contributed by atoms with Gasteiger partial charge in [-0.1, -0.05) is 77.9 Å². The van der Waals surface area contributed by atoms with E-state index in [0.717, 1.165) is 65.0 Å². The highest BCUT2D eigenvalue weighted by Gasteiger charge is 2.28. The van der Waals surface area contributed by atoms with Crippen molar-refractivity contribution >= 4 is 21.8 Å². The minimum absolute atomic E-state index is 0. The first kappa shape index (κ1) is 35.3. The quantitative estimate of drug-likeness (QED) is 0.115. The second-order valence-corrected chi connectivity index (χ2v) is 13.4. The van der Waals surface area contributed by atoms with Crippen molar-refractivity contribution in [2.45, 2.75) is 73.9 Å². The van der Waals surface area contributed by atoms with E-state index in [-0.39, 0.29) is 17.0 Å². The highest BCUT2D eigenvalue weighted by Crippen LogP contribution is 2.38. The first-order valence-corrected chi connectivity index (χ1v) is 16.7. The third-order valence-electron chi connectivity index (χ3n) is 8.51. The monoisotopic (exact) mass is 686 g/mol. The normalized spacial score (nSPS) is 11.5. The van der Waals surface area contributed by atoms with Crippen molar-refractivity contribution in [3.63, 3.8) is 0 Å². The van der Waals surface area contributed by atoms with Gasteiger partial charge >= 0.3 is 0 Å². The number of ether oxygens (including phenoxy) is 3. The second kappa shape index (κ2) is 16.4. The number of hydrogen-bond donors (Lipinski definition) is 0. The fourth-order valence-electron chi connectivity index (χ4n) is 5.87. The predicted octanol–water partition coefficient (Wildman–Crippen LogP) is 6.71. The first-order chi connectivity index (χ1) is 21.8. The van der Waals surface area contributed by atoms with Gasteiger partial charge in [0.15, 0.2) is 11.0 Å². The van der Waals surface area contributed by atoms with E-state index in [0.29, 0.717) is 37.5 Å². The van der Waals surface area contributed by atoms with Crippen LogP contribution in [0.15, 0.2) is 78.9 Å². The highest BCUT2D eigenvalue weighted by molar-refractivity contribution is 5.94. The molecule has 4 aromatic carbocycles. The fourth-order valence-corrected chi connectivity index (χ4v) is 5.87. The van der Waals surface area contributed by atoms with Gasteiger partial charge < -0.3 is 31.2 Å². The van der Waals surface area contributed by atoms with Crippen LogP contribution in [0.5, 0.6) is 17.2 Å². The summed E-state index contributed by atoms with van der Waals surface area (Å²) < 4.78 is 23.7. The molecule has 6 heteroatoms. The van der Waals surface area contributed by atoms with Crippen molar-refractivity contribution in [2.75, 3.05) is 20.3 Å². The molecule has 0 aliphatic heterocycles. The largest absolute Gasteiger partial charge is 1.00 e. The Morgan fingerprint density at radius 1 is 0.696 bits per heavy atom. The lowest BCUT2D eigenvalue weighted by Crippen LogP contribution is -3.00. The minimum atomic E-state index is 0. The molecule has 0 fully saturated rings. The van der Waals surface area contributed by atoms with E-state index >= 15 is 0 Å².